The number of carboxylic acids is 1. The number of carbonyl (C=O) groups is 2. The van der Waals surface area contributed by atoms with Gasteiger partial charge in [-0.15, -0.1) is 0 Å². The summed E-state index contributed by atoms with van der Waals surface area (Å²) in [6, 6.07) is 1.97. The minimum Gasteiger partial charge on any atom is -0.504 e. The highest BCUT2D eigenvalue weighted by Gasteiger charge is 2.35. The zero-order valence-electron chi connectivity index (χ0n) is 13.4. The van der Waals surface area contributed by atoms with Gasteiger partial charge in [-0.1, -0.05) is 0 Å². The zero-order valence-corrected chi connectivity index (χ0v) is 13.4. The van der Waals surface area contributed by atoms with Crippen molar-refractivity contribution >= 4 is 12.1 Å². The van der Waals surface area contributed by atoms with Crippen LogP contribution < -0.4 is 0 Å². The molecule has 2 rings (SSSR count). The molecule has 1 amide bonds. The lowest BCUT2D eigenvalue weighted by molar-refractivity contribution is -0.138. The van der Waals surface area contributed by atoms with Crippen LogP contribution in [-0.2, 0) is 16.0 Å². The number of hydrogen-bond donors (Lipinski definition) is 3. The summed E-state index contributed by atoms with van der Waals surface area (Å²) in [5.74, 6) is -1.67. The Morgan fingerprint density at radius 2 is 1.87 bits per heavy atom. The molecule has 1 unspecified atom stereocenters. The standard InChI is InChI=1S/C16H21NO6/c1-16(2,3)23-15(22)17-5-4-9-6-12(18)13(19)7-10(9)11(17)8-14(20)21/h6-7,11,18-19H,4-5,8H2,1-3H3,(H,20,21). The van der Waals surface area contributed by atoms with E-state index in [-0.39, 0.29) is 24.5 Å². The van der Waals surface area contributed by atoms with E-state index in [0.717, 1.165) is 0 Å². The van der Waals surface area contributed by atoms with Gasteiger partial charge < -0.3 is 25.0 Å². The largest absolute Gasteiger partial charge is 0.504 e. The molecule has 1 aromatic rings. The van der Waals surface area contributed by atoms with Crippen LogP contribution in [-0.4, -0.2) is 44.4 Å². The average Bonchev–Trinajstić information content (AvgIpc) is 2.38. The van der Waals surface area contributed by atoms with Crippen molar-refractivity contribution in [1.82, 2.24) is 4.90 Å². The van der Waals surface area contributed by atoms with Crippen LogP contribution >= 0.6 is 0 Å². The predicted octanol–water partition coefficient (Wildman–Crippen LogP) is 2.41. The number of amides is 1. The monoisotopic (exact) mass is 323 g/mol. The number of phenols is 2. The van der Waals surface area contributed by atoms with Crippen molar-refractivity contribution in [3.8, 4) is 11.5 Å². The average molecular weight is 323 g/mol. The molecule has 7 heteroatoms. The van der Waals surface area contributed by atoms with Gasteiger partial charge in [0.15, 0.2) is 11.5 Å². The lowest BCUT2D eigenvalue weighted by Gasteiger charge is -2.37. The Labute approximate surface area is 134 Å². The fourth-order valence-electron chi connectivity index (χ4n) is 2.65. The SMILES string of the molecule is CC(C)(C)OC(=O)N1CCc2cc(O)c(O)cc2C1CC(=O)O. The minimum absolute atomic E-state index is 0.261. The third-order valence-electron chi connectivity index (χ3n) is 3.59. The maximum absolute atomic E-state index is 12.4. The number of phenolic OH excluding ortho intramolecular Hbond substituents is 2. The molecule has 0 saturated heterocycles. The van der Waals surface area contributed by atoms with E-state index < -0.39 is 23.7 Å². The lowest BCUT2D eigenvalue weighted by Crippen LogP contribution is -2.43. The van der Waals surface area contributed by atoms with Crippen LogP contribution in [0.15, 0.2) is 12.1 Å². The smallest absolute Gasteiger partial charge is 0.410 e. The fraction of sp³-hybridized carbons (Fsp3) is 0.500. The maximum atomic E-state index is 12.4. The molecule has 7 nitrogen and oxygen atoms in total. The molecule has 23 heavy (non-hydrogen) atoms. The van der Waals surface area contributed by atoms with Gasteiger partial charge in [-0.2, -0.15) is 0 Å². The Hall–Kier alpha value is -2.44. The molecule has 0 spiro atoms. The molecule has 1 aliphatic rings. The Balaban J connectivity index is 2.39. The molecular weight excluding hydrogens is 302 g/mol. The summed E-state index contributed by atoms with van der Waals surface area (Å²) >= 11 is 0. The van der Waals surface area contributed by atoms with Crippen molar-refractivity contribution in [1.29, 1.82) is 0 Å². The number of rotatable bonds is 2. The number of aliphatic carboxylic acids is 1. The molecule has 0 saturated carbocycles. The summed E-state index contributed by atoms with van der Waals surface area (Å²) < 4.78 is 5.34. The molecule has 1 aliphatic heterocycles. The van der Waals surface area contributed by atoms with Crippen molar-refractivity contribution in [2.75, 3.05) is 6.54 Å². The molecular formula is C16H21NO6. The van der Waals surface area contributed by atoms with Crippen molar-refractivity contribution < 1.29 is 29.6 Å². The number of hydrogen-bond acceptors (Lipinski definition) is 5. The highest BCUT2D eigenvalue weighted by Crippen LogP contribution is 2.39. The Morgan fingerprint density at radius 1 is 1.26 bits per heavy atom. The number of benzene rings is 1. The maximum Gasteiger partial charge on any atom is 0.410 e. The quantitative estimate of drug-likeness (QED) is 0.721. The second-order valence-corrected chi connectivity index (χ2v) is 6.58. The van der Waals surface area contributed by atoms with Gasteiger partial charge in [0.2, 0.25) is 0 Å². The Bertz CT molecular complexity index is 634. The molecule has 1 aromatic carbocycles. The van der Waals surface area contributed by atoms with Crippen LogP contribution in [0.1, 0.15) is 44.4 Å². The van der Waals surface area contributed by atoms with Gasteiger partial charge in [-0.05, 0) is 50.5 Å². The number of carboxylic acid groups (broad SMARTS) is 1. The van der Waals surface area contributed by atoms with Gasteiger partial charge in [0.1, 0.15) is 5.60 Å². The molecule has 3 N–H and O–H groups in total. The van der Waals surface area contributed by atoms with E-state index >= 15 is 0 Å². The Morgan fingerprint density at radius 3 is 2.43 bits per heavy atom. The number of nitrogens with zero attached hydrogens (tertiary/aromatic N) is 1. The highest BCUT2D eigenvalue weighted by molar-refractivity contribution is 5.73. The summed E-state index contributed by atoms with van der Waals surface area (Å²) in [6.45, 7) is 5.49. The fourth-order valence-corrected chi connectivity index (χ4v) is 2.65. The van der Waals surface area contributed by atoms with Crippen LogP contribution in [0.4, 0.5) is 4.79 Å². The van der Waals surface area contributed by atoms with Gasteiger partial charge >= 0.3 is 12.1 Å². The molecule has 0 aliphatic carbocycles. The molecule has 0 bridgehead atoms. The predicted molar refractivity (Wildman–Crippen MR) is 81.4 cm³/mol. The van der Waals surface area contributed by atoms with Crippen LogP contribution in [0.3, 0.4) is 0 Å². The normalized spacial score (nSPS) is 17.5. The highest BCUT2D eigenvalue weighted by atomic mass is 16.6. The van der Waals surface area contributed by atoms with Crippen LogP contribution in [0.2, 0.25) is 0 Å². The van der Waals surface area contributed by atoms with E-state index in [1.54, 1.807) is 20.8 Å². The molecule has 1 atom stereocenters. The van der Waals surface area contributed by atoms with E-state index in [0.29, 0.717) is 17.5 Å². The van der Waals surface area contributed by atoms with Gasteiger partial charge in [0.25, 0.3) is 0 Å². The van der Waals surface area contributed by atoms with E-state index in [1.807, 2.05) is 0 Å². The summed E-state index contributed by atoms with van der Waals surface area (Å²) in [6.07, 6.45) is -0.461. The molecule has 1 heterocycles. The van der Waals surface area contributed by atoms with E-state index in [4.69, 9.17) is 9.84 Å². The first-order chi connectivity index (χ1) is 10.6. The van der Waals surface area contributed by atoms with Crippen LogP contribution in [0, 0.1) is 0 Å². The number of fused-ring (bicyclic) bond motifs is 1. The number of ether oxygens (including phenoxy) is 1. The van der Waals surface area contributed by atoms with Crippen LogP contribution in [0.5, 0.6) is 11.5 Å². The van der Waals surface area contributed by atoms with Crippen molar-refractivity contribution in [3.05, 3.63) is 23.3 Å². The second-order valence-electron chi connectivity index (χ2n) is 6.58. The number of carbonyl (C=O) groups excluding carboxylic acids is 1. The molecule has 0 radical (unpaired) electrons. The summed E-state index contributed by atoms with van der Waals surface area (Å²) in [5.41, 5.74) is 0.536. The van der Waals surface area contributed by atoms with Gasteiger partial charge in [0.05, 0.1) is 12.5 Å². The summed E-state index contributed by atoms with van der Waals surface area (Å²) in [7, 11) is 0. The van der Waals surface area contributed by atoms with Crippen LogP contribution in [0.25, 0.3) is 0 Å². The lowest BCUT2D eigenvalue weighted by atomic mass is 9.90. The second kappa shape index (κ2) is 5.98. The first kappa shape index (κ1) is 16.9. The third kappa shape index (κ3) is 3.85. The molecule has 126 valence electrons. The van der Waals surface area contributed by atoms with Crippen molar-refractivity contribution in [2.24, 2.45) is 0 Å². The zero-order chi connectivity index (χ0) is 17.4. The van der Waals surface area contributed by atoms with Crippen molar-refractivity contribution in [3.63, 3.8) is 0 Å². The first-order valence-corrected chi connectivity index (χ1v) is 7.34. The minimum atomic E-state index is -1.07. The first-order valence-electron chi connectivity index (χ1n) is 7.34. The Kier molecular flexibility index (Phi) is 4.40. The number of aromatic hydroxyl groups is 2. The molecule has 0 aromatic heterocycles. The van der Waals surface area contributed by atoms with Gasteiger partial charge in [0, 0.05) is 6.54 Å². The van der Waals surface area contributed by atoms with E-state index in [2.05, 4.69) is 0 Å². The molecule has 0 fully saturated rings. The van der Waals surface area contributed by atoms with E-state index in [9.17, 15) is 19.8 Å². The third-order valence-corrected chi connectivity index (χ3v) is 3.59. The summed E-state index contributed by atoms with van der Waals surface area (Å²) in [5, 5.41) is 28.5. The van der Waals surface area contributed by atoms with Crippen molar-refractivity contribution in [2.45, 2.75) is 45.3 Å². The topological polar surface area (TPSA) is 107 Å². The van der Waals surface area contributed by atoms with Gasteiger partial charge in [-0.3, -0.25) is 4.79 Å². The van der Waals surface area contributed by atoms with Gasteiger partial charge in [-0.25, -0.2) is 4.79 Å². The van der Waals surface area contributed by atoms with E-state index in [1.165, 1.54) is 17.0 Å². The summed E-state index contributed by atoms with van der Waals surface area (Å²) in [4.78, 5) is 24.9.